The number of amides is 1. The normalized spacial score (nSPS) is 16.3. The van der Waals surface area contributed by atoms with E-state index in [9.17, 15) is 4.79 Å². The lowest BCUT2D eigenvalue weighted by atomic mass is 10.0. The van der Waals surface area contributed by atoms with Gasteiger partial charge in [-0.25, -0.2) is 0 Å². The van der Waals surface area contributed by atoms with Crippen molar-refractivity contribution in [3.05, 3.63) is 29.3 Å². The molecule has 4 nitrogen and oxygen atoms in total. The van der Waals surface area contributed by atoms with Gasteiger partial charge in [-0.2, -0.15) is 0 Å². The van der Waals surface area contributed by atoms with Crippen molar-refractivity contribution in [3.63, 3.8) is 0 Å². The molecule has 98 valence electrons. The zero-order chi connectivity index (χ0) is 13.2. The first-order chi connectivity index (χ1) is 8.56. The van der Waals surface area contributed by atoms with Crippen LogP contribution in [0.3, 0.4) is 0 Å². The molecule has 4 N–H and O–H groups in total. The summed E-state index contributed by atoms with van der Waals surface area (Å²) in [6, 6.07) is 5.34. The van der Waals surface area contributed by atoms with Crippen LogP contribution in [0.2, 0.25) is 0 Å². The quantitative estimate of drug-likeness (QED) is 0.691. The van der Waals surface area contributed by atoms with Gasteiger partial charge in [-0.3, -0.25) is 4.79 Å². The van der Waals surface area contributed by atoms with Crippen molar-refractivity contribution in [1.29, 1.82) is 0 Å². The fourth-order valence-electron chi connectivity index (χ4n) is 2.08. The topological polar surface area (TPSA) is 75.3 Å². The van der Waals surface area contributed by atoms with Crippen LogP contribution in [0.1, 0.15) is 35.2 Å². The fraction of sp³-hybridized carbons (Fsp3) is 0.500. The van der Waals surface area contributed by atoms with E-state index in [-0.39, 0.29) is 17.9 Å². The Morgan fingerprint density at radius 1 is 1.50 bits per heavy atom. The Bertz CT molecular complexity index is 453. The molecule has 1 aliphatic carbocycles. The number of hydrogen-bond donors (Lipinski definition) is 3. The van der Waals surface area contributed by atoms with Crippen LogP contribution < -0.4 is 11.1 Å². The van der Waals surface area contributed by atoms with Crippen molar-refractivity contribution < 1.29 is 9.90 Å². The van der Waals surface area contributed by atoms with Gasteiger partial charge in [0.2, 0.25) is 0 Å². The van der Waals surface area contributed by atoms with Crippen molar-refractivity contribution in [1.82, 2.24) is 5.32 Å². The van der Waals surface area contributed by atoms with E-state index < -0.39 is 0 Å². The van der Waals surface area contributed by atoms with Crippen LogP contribution in [-0.4, -0.2) is 24.2 Å². The number of carbonyl (C=O) groups is 1. The third kappa shape index (κ3) is 2.82. The zero-order valence-electron chi connectivity index (χ0n) is 10.7. The summed E-state index contributed by atoms with van der Waals surface area (Å²) in [6.07, 6.45) is 2.94. The number of aliphatic hydroxyl groups excluding tert-OH is 1. The number of benzene rings is 1. The molecule has 1 fully saturated rings. The first-order valence-corrected chi connectivity index (χ1v) is 6.31. The largest absolute Gasteiger partial charge is 0.398 e. The molecule has 0 bridgehead atoms. The predicted octanol–water partition coefficient (Wildman–Crippen LogP) is 1.47. The molecular formula is C14H20N2O2. The molecule has 0 unspecified atom stereocenters. The number of nitrogens with two attached hydrogens (primary N) is 1. The highest BCUT2D eigenvalue weighted by Crippen LogP contribution is 2.47. The second-order valence-electron chi connectivity index (χ2n) is 5.23. The summed E-state index contributed by atoms with van der Waals surface area (Å²) in [5, 5.41) is 11.9. The van der Waals surface area contributed by atoms with E-state index in [1.165, 1.54) is 0 Å². The summed E-state index contributed by atoms with van der Waals surface area (Å²) >= 11 is 0. The number of hydrogen-bond acceptors (Lipinski definition) is 3. The van der Waals surface area contributed by atoms with Crippen LogP contribution in [0, 0.1) is 12.3 Å². The van der Waals surface area contributed by atoms with Crippen LogP contribution in [-0.2, 0) is 0 Å². The van der Waals surface area contributed by atoms with Gasteiger partial charge in [-0.15, -0.1) is 0 Å². The van der Waals surface area contributed by atoms with Crippen molar-refractivity contribution in [2.75, 3.05) is 18.9 Å². The maximum absolute atomic E-state index is 12.0. The Kier molecular flexibility index (Phi) is 3.57. The lowest BCUT2D eigenvalue weighted by Crippen LogP contribution is -2.30. The second-order valence-corrected chi connectivity index (χ2v) is 5.23. The van der Waals surface area contributed by atoms with Gasteiger partial charge in [0.25, 0.3) is 5.91 Å². The van der Waals surface area contributed by atoms with E-state index in [0.717, 1.165) is 24.8 Å². The Hall–Kier alpha value is -1.55. The van der Waals surface area contributed by atoms with Gasteiger partial charge in [0, 0.05) is 24.4 Å². The first-order valence-electron chi connectivity index (χ1n) is 6.31. The zero-order valence-corrected chi connectivity index (χ0v) is 10.7. The van der Waals surface area contributed by atoms with E-state index in [2.05, 4.69) is 5.32 Å². The summed E-state index contributed by atoms with van der Waals surface area (Å²) < 4.78 is 0. The highest BCUT2D eigenvalue weighted by molar-refractivity contribution is 5.95. The number of nitrogens with one attached hydrogen (secondary N) is 1. The predicted molar refractivity (Wildman–Crippen MR) is 71.3 cm³/mol. The molecule has 0 atom stereocenters. The van der Waals surface area contributed by atoms with Gasteiger partial charge in [-0.05, 0) is 49.3 Å². The average molecular weight is 248 g/mol. The Morgan fingerprint density at radius 3 is 2.78 bits per heavy atom. The third-order valence-electron chi connectivity index (χ3n) is 3.76. The molecule has 0 saturated heterocycles. The fourth-order valence-corrected chi connectivity index (χ4v) is 2.08. The molecule has 1 aromatic carbocycles. The molecule has 2 rings (SSSR count). The molecule has 0 aromatic heterocycles. The Morgan fingerprint density at radius 2 is 2.22 bits per heavy atom. The molecule has 0 aliphatic heterocycles. The molecule has 0 radical (unpaired) electrons. The van der Waals surface area contributed by atoms with Gasteiger partial charge >= 0.3 is 0 Å². The van der Waals surface area contributed by atoms with Gasteiger partial charge < -0.3 is 16.2 Å². The van der Waals surface area contributed by atoms with E-state index in [4.69, 9.17) is 10.8 Å². The number of anilines is 1. The highest BCUT2D eigenvalue weighted by Gasteiger charge is 2.41. The van der Waals surface area contributed by atoms with Crippen LogP contribution in [0.4, 0.5) is 5.69 Å². The molecular weight excluding hydrogens is 228 g/mol. The standard InChI is InChI=1S/C14H20N2O2/c1-10-2-3-11(8-12(10)15)13(18)16-9-14(4-5-14)6-7-17/h2-3,8,17H,4-7,9,15H2,1H3,(H,16,18). The third-order valence-corrected chi connectivity index (χ3v) is 3.76. The minimum Gasteiger partial charge on any atom is -0.398 e. The molecule has 0 heterocycles. The van der Waals surface area contributed by atoms with Gasteiger partial charge in [0.15, 0.2) is 0 Å². The minimum atomic E-state index is -0.0917. The van der Waals surface area contributed by atoms with E-state index in [1.807, 2.05) is 13.0 Å². The summed E-state index contributed by atoms with van der Waals surface area (Å²) in [5.74, 6) is -0.0917. The lowest BCUT2D eigenvalue weighted by molar-refractivity contribution is 0.0941. The summed E-state index contributed by atoms with van der Waals surface area (Å²) in [4.78, 5) is 12.0. The van der Waals surface area contributed by atoms with Crippen LogP contribution in [0.15, 0.2) is 18.2 Å². The maximum atomic E-state index is 12.0. The number of nitrogen functional groups attached to an aromatic ring is 1. The average Bonchev–Trinajstić information content (AvgIpc) is 3.11. The second kappa shape index (κ2) is 4.98. The molecule has 1 aliphatic rings. The van der Waals surface area contributed by atoms with Crippen molar-refractivity contribution in [2.24, 2.45) is 5.41 Å². The molecule has 1 aromatic rings. The van der Waals surface area contributed by atoms with Crippen molar-refractivity contribution in [2.45, 2.75) is 26.2 Å². The molecule has 1 amide bonds. The Balaban J connectivity index is 1.93. The van der Waals surface area contributed by atoms with E-state index in [0.29, 0.717) is 17.8 Å². The number of carbonyl (C=O) groups excluding carboxylic acids is 1. The minimum absolute atomic E-state index is 0.0917. The van der Waals surface area contributed by atoms with Gasteiger partial charge in [0.1, 0.15) is 0 Å². The highest BCUT2D eigenvalue weighted by atomic mass is 16.3. The van der Waals surface area contributed by atoms with Crippen molar-refractivity contribution in [3.8, 4) is 0 Å². The molecule has 0 spiro atoms. The molecule has 18 heavy (non-hydrogen) atoms. The molecule has 1 saturated carbocycles. The number of rotatable bonds is 5. The summed E-state index contributed by atoms with van der Waals surface area (Å²) in [5.41, 5.74) is 8.14. The first kappa shape index (κ1) is 12.9. The summed E-state index contributed by atoms with van der Waals surface area (Å²) in [6.45, 7) is 2.74. The lowest BCUT2D eigenvalue weighted by Gasteiger charge is -2.14. The van der Waals surface area contributed by atoms with E-state index in [1.54, 1.807) is 12.1 Å². The maximum Gasteiger partial charge on any atom is 0.251 e. The monoisotopic (exact) mass is 248 g/mol. The number of aryl methyl sites for hydroxylation is 1. The van der Waals surface area contributed by atoms with Crippen LogP contribution in [0.5, 0.6) is 0 Å². The Labute approximate surface area is 107 Å². The number of aliphatic hydroxyl groups is 1. The molecule has 4 heteroatoms. The van der Waals surface area contributed by atoms with Gasteiger partial charge in [0.05, 0.1) is 0 Å². The SMILES string of the molecule is Cc1ccc(C(=O)NCC2(CCO)CC2)cc1N. The van der Waals surface area contributed by atoms with Crippen LogP contribution in [0.25, 0.3) is 0 Å². The van der Waals surface area contributed by atoms with E-state index >= 15 is 0 Å². The van der Waals surface area contributed by atoms with Crippen LogP contribution >= 0.6 is 0 Å². The summed E-state index contributed by atoms with van der Waals surface area (Å²) in [7, 11) is 0. The van der Waals surface area contributed by atoms with Gasteiger partial charge in [-0.1, -0.05) is 6.07 Å². The van der Waals surface area contributed by atoms with Crippen molar-refractivity contribution >= 4 is 11.6 Å². The smallest absolute Gasteiger partial charge is 0.251 e.